The molecule has 0 atom stereocenters. The number of hydrogen-bond acceptors (Lipinski definition) is 7. The number of amides is 1. The summed E-state index contributed by atoms with van der Waals surface area (Å²) in [5.41, 5.74) is 1.05. The molecule has 1 N–H and O–H groups in total. The molecule has 8 nitrogen and oxygen atoms in total. The highest BCUT2D eigenvalue weighted by molar-refractivity contribution is 6.05. The summed E-state index contributed by atoms with van der Waals surface area (Å²) in [4.78, 5) is 30.4. The molecule has 1 aliphatic carbocycles. The quantitative estimate of drug-likeness (QED) is 0.780. The summed E-state index contributed by atoms with van der Waals surface area (Å²) >= 11 is 0. The van der Waals surface area contributed by atoms with Crippen LogP contribution in [0.15, 0.2) is 24.5 Å². The zero-order chi connectivity index (χ0) is 20.9. The van der Waals surface area contributed by atoms with Crippen molar-refractivity contribution in [1.82, 2.24) is 15.0 Å². The second-order valence-electron chi connectivity index (χ2n) is 8.21. The van der Waals surface area contributed by atoms with Gasteiger partial charge in [0, 0.05) is 39.4 Å². The van der Waals surface area contributed by atoms with E-state index in [4.69, 9.17) is 9.72 Å². The highest BCUT2D eigenvalue weighted by Gasteiger charge is 2.19. The molecule has 4 rings (SSSR count). The molecule has 1 saturated carbocycles. The van der Waals surface area contributed by atoms with E-state index < -0.39 is 0 Å². The third-order valence-corrected chi connectivity index (χ3v) is 5.65. The van der Waals surface area contributed by atoms with E-state index in [0.29, 0.717) is 28.9 Å². The van der Waals surface area contributed by atoms with Crippen molar-refractivity contribution in [3.8, 4) is 5.88 Å². The fourth-order valence-electron chi connectivity index (χ4n) is 3.99. The molecule has 2 aromatic rings. The number of rotatable bonds is 6. The first-order valence-electron chi connectivity index (χ1n) is 10.8. The summed E-state index contributed by atoms with van der Waals surface area (Å²) in [6, 6.07) is 3.50. The monoisotopic (exact) mass is 410 g/mol. The molecular formula is C22H30N6O2. The van der Waals surface area contributed by atoms with Crippen molar-refractivity contribution in [1.29, 1.82) is 0 Å². The third kappa shape index (κ3) is 4.80. The van der Waals surface area contributed by atoms with Crippen LogP contribution in [0.5, 0.6) is 5.88 Å². The molecule has 3 heterocycles. The summed E-state index contributed by atoms with van der Waals surface area (Å²) in [5, 5.41) is 2.93. The predicted molar refractivity (Wildman–Crippen MR) is 117 cm³/mol. The Bertz CT molecular complexity index is 858. The Hall–Kier alpha value is -2.90. The number of hydrogen-bond donors (Lipinski definition) is 1. The first kappa shape index (κ1) is 20.4. The Kier molecular flexibility index (Phi) is 6.30. The lowest BCUT2D eigenvalue weighted by molar-refractivity contribution is 0.102. The first-order chi connectivity index (χ1) is 14.6. The highest BCUT2D eigenvalue weighted by Crippen LogP contribution is 2.26. The zero-order valence-corrected chi connectivity index (χ0v) is 17.8. The summed E-state index contributed by atoms with van der Waals surface area (Å²) < 4.78 is 5.88. The topological polar surface area (TPSA) is 83.5 Å². The minimum absolute atomic E-state index is 0.243. The van der Waals surface area contributed by atoms with Crippen LogP contribution in [0.4, 0.5) is 17.5 Å². The average Bonchev–Trinajstić information content (AvgIpc) is 3.28. The van der Waals surface area contributed by atoms with Crippen molar-refractivity contribution in [2.24, 2.45) is 0 Å². The Balaban J connectivity index is 1.45. The Morgan fingerprint density at radius 1 is 1.07 bits per heavy atom. The van der Waals surface area contributed by atoms with Gasteiger partial charge in [0.15, 0.2) is 5.82 Å². The van der Waals surface area contributed by atoms with E-state index in [1.54, 1.807) is 24.5 Å². The number of carbonyl (C=O) groups excluding carboxylic acids is 1. The van der Waals surface area contributed by atoms with Gasteiger partial charge in [-0.3, -0.25) is 4.79 Å². The molecule has 160 valence electrons. The fraction of sp³-hybridized carbons (Fsp3) is 0.545. The number of piperidine rings is 1. The minimum atomic E-state index is -0.243. The van der Waals surface area contributed by atoms with Crippen LogP contribution in [0.3, 0.4) is 0 Å². The molecule has 30 heavy (non-hydrogen) atoms. The lowest BCUT2D eigenvalue weighted by Gasteiger charge is -2.28. The lowest BCUT2D eigenvalue weighted by Crippen LogP contribution is -2.31. The van der Waals surface area contributed by atoms with Gasteiger partial charge in [0.1, 0.15) is 11.8 Å². The first-order valence-corrected chi connectivity index (χ1v) is 10.8. The molecule has 2 aliphatic rings. The second-order valence-corrected chi connectivity index (χ2v) is 8.21. The molecule has 2 aromatic heterocycles. The van der Waals surface area contributed by atoms with Gasteiger partial charge in [-0.25, -0.2) is 9.97 Å². The molecule has 8 heteroatoms. The van der Waals surface area contributed by atoms with Gasteiger partial charge in [-0.1, -0.05) is 0 Å². The number of anilines is 3. The van der Waals surface area contributed by atoms with Crippen molar-refractivity contribution in [2.45, 2.75) is 51.0 Å². The molecule has 0 bridgehead atoms. The molecular weight excluding hydrogens is 380 g/mol. The van der Waals surface area contributed by atoms with Crippen LogP contribution in [0.25, 0.3) is 0 Å². The van der Waals surface area contributed by atoms with Gasteiger partial charge < -0.3 is 19.9 Å². The number of aromatic nitrogens is 3. The SMILES string of the molecule is CN(C)c1nc(N2CCCCC2)ncc1NC(=O)c1ccc(OC2CCCC2)nc1. The van der Waals surface area contributed by atoms with E-state index >= 15 is 0 Å². The van der Waals surface area contributed by atoms with E-state index in [-0.39, 0.29) is 12.0 Å². The van der Waals surface area contributed by atoms with Crippen LogP contribution >= 0.6 is 0 Å². The van der Waals surface area contributed by atoms with Gasteiger partial charge >= 0.3 is 0 Å². The smallest absolute Gasteiger partial charge is 0.257 e. The standard InChI is InChI=1S/C22H30N6O2/c1-27(2)20-18(15-24-22(26-20)28-12-6-3-7-13-28)25-21(29)16-10-11-19(23-14-16)30-17-8-4-5-9-17/h10-11,14-15,17H,3-9,12-13H2,1-2H3,(H,25,29). The van der Waals surface area contributed by atoms with Crippen LogP contribution in [-0.4, -0.2) is 54.1 Å². The third-order valence-electron chi connectivity index (χ3n) is 5.65. The zero-order valence-electron chi connectivity index (χ0n) is 17.8. The van der Waals surface area contributed by atoms with E-state index in [2.05, 4.69) is 20.2 Å². The number of nitrogens with zero attached hydrogens (tertiary/aromatic N) is 5. The van der Waals surface area contributed by atoms with Gasteiger partial charge in [-0.05, 0) is 51.0 Å². The van der Waals surface area contributed by atoms with Crippen molar-refractivity contribution < 1.29 is 9.53 Å². The summed E-state index contributed by atoms with van der Waals surface area (Å²) in [5.74, 6) is 1.73. The maximum absolute atomic E-state index is 12.8. The molecule has 0 radical (unpaired) electrons. The summed E-state index contributed by atoms with van der Waals surface area (Å²) in [6.07, 6.45) is 11.6. The van der Waals surface area contributed by atoms with Gasteiger partial charge in [-0.2, -0.15) is 4.98 Å². The molecule has 1 aliphatic heterocycles. The average molecular weight is 411 g/mol. The van der Waals surface area contributed by atoms with Crippen molar-refractivity contribution in [2.75, 3.05) is 42.3 Å². The van der Waals surface area contributed by atoms with E-state index in [9.17, 15) is 4.79 Å². The van der Waals surface area contributed by atoms with Crippen LogP contribution < -0.4 is 19.9 Å². The normalized spacial score (nSPS) is 17.1. The van der Waals surface area contributed by atoms with Gasteiger partial charge in [0.05, 0.1) is 11.8 Å². The van der Waals surface area contributed by atoms with Gasteiger partial charge in [0.25, 0.3) is 5.91 Å². The van der Waals surface area contributed by atoms with Gasteiger partial charge in [0.2, 0.25) is 11.8 Å². The van der Waals surface area contributed by atoms with Crippen molar-refractivity contribution in [3.63, 3.8) is 0 Å². The van der Waals surface area contributed by atoms with Crippen LogP contribution in [0.1, 0.15) is 55.3 Å². The lowest BCUT2D eigenvalue weighted by atomic mass is 10.1. The summed E-state index contributed by atoms with van der Waals surface area (Å²) in [7, 11) is 3.82. The predicted octanol–water partition coefficient (Wildman–Crippen LogP) is 3.50. The number of carbonyl (C=O) groups is 1. The maximum atomic E-state index is 12.8. The molecule has 0 aromatic carbocycles. The van der Waals surface area contributed by atoms with Crippen molar-refractivity contribution >= 4 is 23.4 Å². The molecule has 0 unspecified atom stereocenters. The number of nitrogens with one attached hydrogen (secondary N) is 1. The van der Waals surface area contributed by atoms with Gasteiger partial charge in [-0.15, -0.1) is 0 Å². The largest absolute Gasteiger partial charge is 0.474 e. The minimum Gasteiger partial charge on any atom is -0.474 e. The van der Waals surface area contributed by atoms with Crippen LogP contribution in [0, 0.1) is 0 Å². The van der Waals surface area contributed by atoms with E-state index in [0.717, 1.165) is 38.8 Å². The Morgan fingerprint density at radius 3 is 2.50 bits per heavy atom. The summed E-state index contributed by atoms with van der Waals surface area (Å²) in [6.45, 7) is 1.94. The number of ether oxygens (including phenoxy) is 1. The molecule has 1 amide bonds. The van der Waals surface area contributed by atoms with Crippen molar-refractivity contribution in [3.05, 3.63) is 30.1 Å². The highest BCUT2D eigenvalue weighted by atomic mass is 16.5. The maximum Gasteiger partial charge on any atom is 0.257 e. The van der Waals surface area contributed by atoms with Crippen LogP contribution in [-0.2, 0) is 0 Å². The molecule has 0 spiro atoms. The Labute approximate surface area is 177 Å². The molecule has 2 fully saturated rings. The van der Waals surface area contributed by atoms with E-state index in [1.807, 2.05) is 19.0 Å². The number of pyridine rings is 1. The fourth-order valence-corrected chi connectivity index (χ4v) is 3.99. The van der Waals surface area contributed by atoms with Crippen LogP contribution in [0.2, 0.25) is 0 Å². The second kappa shape index (κ2) is 9.28. The Morgan fingerprint density at radius 2 is 1.83 bits per heavy atom. The molecule has 1 saturated heterocycles. The van der Waals surface area contributed by atoms with E-state index in [1.165, 1.54) is 19.3 Å².